The molecule has 2 amide bonds. The number of hydrogen-bond acceptors (Lipinski definition) is 6. The van der Waals surface area contributed by atoms with Crippen molar-refractivity contribution in [3.8, 4) is 11.5 Å². The van der Waals surface area contributed by atoms with Crippen molar-refractivity contribution in [2.24, 2.45) is 0 Å². The Labute approximate surface area is 157 Å². The largest absolute Gasteiger partial charge is 0.493 e. The van der Waals surface area contributed by atoms with Crippen LogP contribution in [0.25, 0.3) is 0 Å². The van der Waals surface area contributed by atoms with E-state index in [1.54, 1.807) is 26.4 Å². The van der Waals surface area contributed by atoms with Crippen LogP contribution in [0.4, 0.5) is 0 Å². The Hall–Kier alpha value is -2.81. The number of ether oxygens (including phenoxy) is 3. The second-order valence-electron chi connectivity index (χ2n) is 6.17. The summed E-state index contributed by atoms with van der Waals surface area (Å²) < 4.78 is 15.1. The molecule has 0 saturated carbocycles. The van der Waals surface area contributed by atoms with Gasteiger partial charge in [0.25, 0.3) is 11.8 Å². The van der Waals surface area contributed by atoms with Gasteiger partial charge < -0.3 is 29.7 Å². The Morgan fingerprint density at radius 1 is 1.22 bits per heavy atom. The van der Waals surface area contributed by atoms with E-state index in [-0.39, 0.29) is 24.8 Å². The van der Waals surface area contributed by atoms with Crippen LogP contribution in [0.3, 0.4) is 0 Å². The van der Waals surface area contributed by atoms with Gasteiger partial charge in [-0.1, -0.05) is 6.07 Å². The van der Waals surface area contributed by atoms with Crippen LogP contribution in [0.15, 0.2) is 18.2 Å². The molecule has 1 unspecified atom stereocenters. The fraction of sp³-hybridized carbons (Fsp3) is 0.500. The van der Waals surface area contributed by atoms with Gasteiger partial charge in [-0.15, -0.1) is 0 Å². The summed E-state index contributed by atoms with van der Waals surface area (Å²) in [5, 5.41) is 5.55. The van der Waals surface area contributed by atoms with Crippen LogP contribution in [-0.2, 0) is 25.7 Å². The van der Waals surface area contributed by atoms with Gasteiger partial charge in [0.1, 0.15) is 6.42 Å². The maximum Gasteiger partial charge on any atom is 0.312 e. The zero-order valence-electron chi connectivity index (χ0n) is 15.8. The predicted octanol–water partition coefficient (Wildman–Crippen LogP) is -1.73. The minimum atomic E-state index is -0.627. The quantitative estimate of drug-likeness (QED) is 0.463. The van der Waals surface area contributed by atoms with E-state index in [0.717, 1.165) is 10.5 Å². The number of hydrogen-bond donors (Lipinski definition) is 3. The minimum absolute atomic E-state index is 0.0549. The summed E-state index contributed by atoms with van der Waals surface area (Å²) >= 11 is 0. The highest BCUT2D eigenvalue weighted by Gasteiger charge is 2.36. The maximum absolute atomic E-state index is 12.3. The molecule has 1 aromatic carbocycles. The zero-order valence-corrected chi connectivity index (χ0v) is 15.8. The molecule has 1 heterocycles. The molecule has 3 N–H and O–H groups in total. The highest BCUT2D eigenvalue weighted by Crippen LogP contribution is 2.27. The third kappa shape index (κ3) is 5.58. The van der Waals surface area contributed by atoms with E-state index < -0.39 is 12.0 Å². The molecule has 9 nitrogen and oxygen atoms in total. The van der Waals surface area contributed by atoms with Crippen molar-refractivity contribution >= 4 is 17.8 Å². The molecular formula is C18H26N3O6+. The minimum Gasteiger partial charge on any atom is -0.493 e. The normalized spacial score (nSPS) is 19.0. The van der Waals surface area contributed by atoms with Gasteiger partial charge in [0.15, 0.2) is 24.1 Å². The standard InChI is InChI=1S/C18H25N3O6/c1-25-14-5-4-12(8-15(14)26-2)10-20-16(22)11-21-7-6-19-18(24)13(21)9-17(23)27-3/h4-5,8,13H,6-7,9-11H2,1-3H3,(H,19,24)(H,20,22)/p+1/t13-/m1/s1. The van der Waals surface area contributed by atoms with Crippen LogP contribution in [0, 0.1) is 0 Å². The molecule has 1 aromatic rings. The average molecular weight is 380 g/mol. The summed E-state index contributed by atoms with van der Waals surface area (Å²) in [5.41, 5.74) is 0.860. The number of quaternary nitrogens is 1. The highest BCUT2D eigenvalue weighted by molar-refractivity contribution is 5.86. The summed E-state index contributed by atoms with van der Waals surface area (Å²) in [5.74, 6) is 0.279. The maximum atomic E-state index is 12.3. The van der Waals surface area contributed by atoms with Crippen LogP contribution < -0.4 is 25.0 Å². The monoisotopic (exact) mass is 380 g/mol. The van der Waals surface area contributed by atoms with E-state index in [4.69, 9.17) is 9.47 Å². The zero-order chi connectivity index (χ0) is 19.8. The molecule has 2 atom stereocenters. The first-order chi connectivity index (χ1) is 13.0. The van der Waals surface area contributed by atoms with E-state index in [1.807, 2.05) is 6.07 Å². The molecular weight excluding hydrogens is 354 g/mol. The second-order valence-corrected chi connectivity index (χ2v) is 6.17. The number of carbonyl (C=O) groups excluding carboxylic acids is 3. The van der Waals surface area contributed by atoms with Gasteiger partial charge in [0, 0.05) is 6.54 Å². The van der Waals surface area contributed by atoms with Gasteiger partial charge in [-0.25, -0.2) is 0 Å². The van der Waals surface area contributed by atoms with Crippen molar-refractivity contribution in [3.05, 3.63) is 23.8 Å². The number of nitrogens with one attached hydrogen (secondary N) is 3. The SMILES string of the molecule is COC(=O)C[C@@H]1C(=O)NCC[NH+]1CC(=O)NCc1ccc(OC)c(OC)c1. The Balaban J connectivity index is 1.93. The summed E-state index contributed by atoms with van der Waals surface area (Å²) in [6.07, 6.45) is -0.0549. The number of methoxy groups -OCH3 is 3. The van der Waals surface area contributed by atoms with Gasteiger partial charge in [0.05, 0.1) is 34.4 Å². The lowest BCUT2D eigenvalue weighted by Crippen LogP contribution is -3.20. The average Bonchev–Trinajstić information content (AvgIpc) is 2.68. The van der Waals surface area contributed by atoms with Crippen molar-refractivity contribution in [1.29, 1.82) is 0 Å². The summed E-state index contributed by atoms with van der Waals surface area (Å²) in [6, 6.07) is 4.77. The number of esters is 1. The third-order valence-electron chi connectivity index (χ3n) is 4.48. The van der Waals surface area contributed by atoms with E-state index in [9.17, 15) is 14.4 Å². The molecule has 0 radical (unpaired) electrons. The molecule has 2 rings (SSSR count). The van der Waals surface area contributed by atoms with E-state index >= 15 is 0 Å². The third-order valence-corrected chi connectivity index (χ3v) is 4.48. The molecule has 1 aliphatic rings. The molecule has 0 bridgehead atoms. The Bertz CT molecular complexity index is 694. The molecule has 0 aliphatic carbocycles. The van der Waals surface area contributed by atoms with Crippen LogP contribution in [-0.4, -0.2) is 64.8 Å². The smallest absolute Gasteiger partial charge is 0.312 e. The van der Waals surface area contributed by atoms with Crippen molar-refractivity contribution in [3.63, 3.8) is 0 Å². The van der Waals surface area contributed by atoms with Crippen LogP contribution in [0.1, 0.15) is 12.0 Å². The summed E-state index contributed by atoms with van der Waals surface area (Å²) in [7, 11) is 4.38. The van der Waals surface area contributed by atoms with E-state index in [1.165, 1.54) is 7.11 Å². The summed E-state index contributed by atoms with van der Waals surface area (Å²) in [6.45, 7) is 1.45. The van der Waals surface area contributed by atoms with Gasteiger partial charge in [0.2, 0.25) is 0 Å². The van der Waals surface area contributed by atoms with E-state index in [2.05, 4.69) is 15.4 Å². The lowest BCUT2D eigenvalue weighted by Gasteiger charge is -2.30. The molecule has 148 valence electrons. The summed E-state index contributed by atoms with van der Waals surface area (Å²) in [4.78, 5) is 36.7. The first-order valence-electron chi connectivity index (χ1n) is 8.65. The Kier molecular flexibility index (Phi) is 7.42. The van der Waals surface area contributed by atoms with Crippen molar-refractivity contribution < 1.29 is 33.5 Å². The molecule has 1 fully saturated rings. The van der Waals surface area contributed by atoms with Crippen molar-refractivity contribution in [2.45, 2.75) is 19.0 Å². The number of carbonyl (C=O) groups is 3. The first-order valence-corrected chi connectivity index (χ1v) is 8.65. The van der Waals surface area contributed by atoms with Gasteiger partial charge in [-0.05, 0) is 17.7 Å². The van der Waals surface area contributed by atoms with Crippen molar-refractivity contribution in [1.82, 2.24) is 10.6 Å². The second kappa shape index (κ2) is 9.77. The molecule has 1 saturated heterocycles. The number of rotatable bonds is 8. The lowest BCUT2D eigenvalue weighted by atomic mass is 10.1. The van der Waals surface area contributed by atoms with E-state index in [0.29, 0.717) is 31.1 Å². The topological polar surface area (TPSA) is 107 Å². The van der Waals surface area contributed by atoms with Crippen LogP contribution in [0.2, 0.25) is 0 Å². The van der Waals surface area contributed by atoms with Crippen LogP contribution >= 0.6 is 0 Å². The Morgan fingerprint density at radius 3 is 2.63 bits per heavy atom. The molecule has 0 aromatic heterocycles. The lowest BCUT2D eigenvalue weighted by molar-refractivity contribution is -0.909. The molecule has 27 heavy (non-hydrogen) atoms. The molecule has 1 aliphatic heterocycles. The molecule has 0 spiro atoms. The number of benzene rings is 1. The Morgan fingerprint density at radius 2 is 1.96 bits per heavy atom. The number of piperazine rings is 1. The van der Waals surface area contributed by atoms with Gasteiger partial charge in [-0.2, -0.15) is 0 Å². The van der Waals surface area contributed by atoms with Crippen LogP contribution in [0.5, 0.6) is 11.5 Å². The fourth-order valence-corrected chi connectivity index (χ4v) is 2.99. The van der Waals surface area contributed by atoms with Crippen molar-refractivity contribution in [2.75, 3.05) is 41.0 Å². The first kappa shape index (κ1) is 20.5. The number of amides is 2. The predicted molar refractivity (Wildman–Crippen MR) is 95.5 cm³/mol. The highest BCUT2D eigenvalue weighted by atomic mass is 16.5. The molecule has 9 heteroatoms. The fourth-order valence-electron chi connectivity index (χ4n) is 2.99. The van der Waals surface area contributed by atoms with Gasteiger partial charge >= 0.3 is 5.97 Å². The van der Waals surface area contributed by atoms with Gasteiger partial charge in [-0.3, -0.25) is 14.4 Å².